The van der Waals surface area contributed by atoms with Gasteiger partial charge in [-0.15, -0.1) is 0 Å². The van der Waals surface area contributed by atoms with Crippen LogP contribution in [0.1, 0.15) is 32.3 Å². The third kappa shape index (κ3) is 3.17. The molecule has 0 bridgehead atoms. The first kappa shape index (κ1) is 17.0. The van der Waals surface area contributed by atoms with Crippen molar-refractivity contribution in [3.63, 3.8) is 0 Å². The van der Waals surface area contributed by atoms with Gasteiger partial charge in [-0.05, 0) is 18.4 Å². The fraction of sp³-hybridized carbons (Fsp3) is 0.562. The van der Waals surface area contributed by atoms with E-state index < -0.39 is 27.4 Å². The number of carbonyl (C=O) groups is 1. The van der Waals surface area contributed by atoms with Crippen molar-refractivity contribution in [2.24, 2.45) is 0 Å². The minimum Gasteiger partial charge on any atom is -0.390 e. The van der Waals surface area contributed by atoms with E-state index in [1.165, 1.54) is 0 Å². The van der Waals surface area contributed by atoms with E-state index in [1.807, 2.05) is 44.2 Å². The Balaban J connectivity index is 2.25. The molecule has 1 amide bonds. The van der Waals surface area contributed by atoms with Crippen molar-refractivity contribution in [3.8, 4) is 0 Å². The number of amides is 1. The molecule has 0 saturated carbocycles. The molecule has 1 aromatic carbocycles. The highest BCUT2D eigenvalue weighted by atomic mass is 32.2. The second-order valence-electron chi connectivity index (χ2n) is 5.88. The molecule has 0 aromatic heterocycles. The minimum atomic E-state index is -3.28. The summed E-state index contributed by atoms with van der Waals surface area (Å²) >= 11 is 0. The molecule has 0 aliphatic carbocycles. The normalized spacial score (nSPS) is 24.1. The number of hydrogen-bond acceptors (Lipinski definition) is 4. The van der Waals surface area contributed by atoms with Crippen LogP contribution >= 0.6 is 0 Å². The average molecular weight is 325 g/mol. The number of carbonyl (C=O) groups excluding carboxylic acids is 1. The topological polar surface area (TPSA) is 83.5 Å². The van der Waals surface area contributed by atoms with E-state index in [9.17, 15) is 18.3 Å². The van der Waals surface area contributed by atoms with Gasteiger partial charge >= 0.3 is 0 Å². The van der Waals surface area contributed by atoms with E-state index >= 15 is 0 Å². The zero-order valence-corrected chi connectivity index (χ0v) is 13.8. The summed E-state index contributed by atoms with van der Waals surface area (Å²) in [7, 11) is -3.28. The summed E-state index contributed by atoms with van der Waals surface area (Å²) in [5.41, 5.74) is 0.209. The lowest BCUT2D eigenvalue weighted by atomic mass is 9.75. The van der Waals surface area contributed by atoms with Crippen LogP contribution < -0.4 is 5.32 Å². The van der Waals surface area contributed by atoms with Crippen LogP contribution in [0.2, 0.25) is 0 Å². The van der Waals surface area contributed by atoms with Gasteiger partial charge in [0.1, 0.15) is 0 Å². The third-order valence-corrected chi connectivity index (χ3v) is 6.32. The molecule has 0 spiro atoms. The van der Waals surface area contributed by atoms with Crippen molar-refractivity contribution >= 4 is 15.7 Å². The zero-order valence-electron chi connectivity index (χ0n) is 13.0. The Morgan fingerprint density at radius 2 is 1.82 bits per heavy atom. The van der Waals surface area contributed by atoms with E-state index in [0.717, 1.165) is 5.56 Å². The second-order valence-corrected chi connectivity index (χ2v) is 8.03. The fourth-order valence-electron chi connectivity index (χ4n) is 3.14. The lowest BCUT2D eigenvalue weighted by molar-refractivity contribution is -0.128. The van der Waals surface area contributed by atoms with E-state index in [1.54, 1.807) is 0 Å². The van der Waals surface area contributed by atoms with Gasteiger partial charge in [0.2, 0.25) is 5.91 Å². The van der Waals surface area contributed by atoms with E-state index in [0.29, 0.717) is 12.8 Å². The highest BCUT2D eigenvalue weighted by molar-refractivity contribution is 7.91. The number of hydrogen-bond donors (Lipinski definition) is 2. The standard InChI is InChI=1S/C16H23NO4S/c1-3-16(4-2,12-8-6-5-7-9-12)15(19)17-13-10-22(20,21)11-14(13)18/h5-9,13-14,18H,3-4,10-11H2,1-2H3,(H,17,19)/t13-,14-/m1/s1. The van der Waals surface area contributed by atoms with Crippen LogP contribution in [0.25, 0.3) is 0 Å². The predicted molar refractivity (Wildman–Crippen MR) is 85.3 cm³/mol. The first-order chi connectivity index (χ1) is 10.3. The lowest BCUT2D eigenvalue weighted by Crippen LogP contribution is -2.51. The van der Waals surface area contributed by atoms with Gasteiger partial charge in [-0.25, -0.2) is 8.42 Å². The minimum absolute atomic E-state index is 0.196. The van der Waals surface area contributed by atoms with Crippen LogP contribution in [0.3, 0.4) is 0 Å². The molecule has 22 heavy (non-hydrogen) atoms. The van der Waals surface area contributed by atoms with Gasteiger partial charge in [0.05, 0.1) is 29.1 Å². The largest absolute Gasteiger partial charge is 0.390 e. The molecule has 5 nitrogen and oxygen atoms in total. The van der Waals surface area contributed by atoms with E-state index in [2.05, 4.69) is 5.32 Å². The molecule has 2 atom stereocenters. The summed E-state index contributed by atoms with van der Waals surface area (Å²) in [6, 6.07) is 8.77. The Morgan fingerprint density at radius 3 is 2.27 bits per heavy atom. The second kappa shape index (κ2) is 6.38. The quantitative estimate of drug-likeness (QED) is 0.846. The highest BCUT2D eigenvalue weighted by Gasteiger charge is 2.42. The summed E-state index contributed by atoms with van der Waals surface area (Å²) in [6.45, 7) is 3.88. The molecule has 122 valence electrons. The first-order valence-corrected chi connectivity index (χ1v) is 9.41. The molecule has 1 aliphatic rings. The van der Waals surface area contributed by atoms with Gasteiger partial charge in [-0.2, -0.15) is 0 Å². The molecule has 1 aliphatic heterocycles. The van der Waals surface area contributed by atoms with Gasteiger partial charge in [0.15, 0.2) is 9.84 Å². The Morgan fingerprint density at radius 1 is 1.23 bits per heavy atom. The van der Waals surface area contributed by atoms with Gasteiger partial charge in [-0.3, -0.25) is 4.79 Å². The summed E-state index contributed by atoms with van der Waals surface area (Å²) in [6.07, 6.45) is 0.181. The van der Waals surface area contributed by atoms with Crippen LogP contribution in [-0.2, 0) is 20.0 Å². The van der Waals surface area contributed by atoms with Crippen LogP contribution in [-0.4, -0.2) is 43.1 Å². The van der Waals surface area contributed by atoms with Gasteiger partial charge in [-0.1, -0.05) is 44.2 Å². The summed E-state index contributed by atoms with van der Waals surface area (Å²) in [4.78, 5) is 12.8. The summed E-state index contributed by atoms with van der Waals surface area (Å²) in [5, 5.41) is 12.6. The molecule has 2 rings (SSSR count). The van der Waals surface area contributed by atoms with Crippen molar-refractivity contribution in [2.45, 2.75) is 44.2 Å². The van der Waals surface area contributed by atoms with Crippen molar-refractivity contribution < 1.29 is 18.3 Å². The predicted octanol–water partition coefficient (Wildman–Crippen LogP) is 1.02. The van der Waals surface area contributed by atoms with Crippen molar-refractivity contribution in [2.75, 3.05) is 11.5 Å². The van der Waals surface area contributed by atoms with Crippen LogP contribution in [0.5, 0.6) is 0 Å². The maximum Gasteiger partial charge on any atom is 0.230 e. The zero-order chi connectivity index (χ0) is 16.4. The number of benzene rings is 1. The van der Waals surface area contributed by atoms with Crippen LogP contribution in [0.4, 0.5) is 0 Å². The number of nitrogens with one attached hydrogen (secondary N) is 1. The maximum atomic E-state index is 12.8. The number of aliphatic hydroxyl groups is 1. The fourth-order valence-corrected chi connectivity index (χ4v) is 4.88. The molecule has 0 radical (unpaired) electrons. The Bertz CT molecular complexity index is 623. The van der Waals surface area contributed by atoms with Gasteiger partial charge in [0, 0.05) is 0 Å². The first-order valence-electron chi connectivity index (χ1n) is 7.59. The van der Waals surface area contributed by atoms with Crippen molar-refractivity contribution in [3.05, 3.63) is 35.9 Å². The lowest BCUT2D eigenvalue weighted by Gasteiger charge is -2.32. The van der Waals surface area contributed by atoms with Crippen molar-refractivity contribution in [1.29, 1.82) is 0 Å². The monoisotopic (exact) mass is 325 g/mol. The Labute approximate surface area is 131 Å². The Kier molecular flexibility index (Phi) is 4.92. The van der Waals surface area contributed by atoms with Crippen LogP contribution in [0.15, 0.2) is 30.3 Å². The molecular weight excluding hydrogens is 302 g/mol. The summed E-state index contributed by atoms with van der Waals surface area (Å²) < 4.78 is 23.2. The summed E-state index contributed by atoms with van der Waals surface area (Å²) in [5.74, 6) is -0.697. The molecule has 1 saturated heterocycles. The maximum absolute atomic E-state index is 12.8. The SMILES string of the molecule is CCC(CC)(C(=O)N[C@@H]1CS(=O)(=O)C[C@H]1O)c1ccccc1. The molecule has 1 aromatic rings. The highest BCUT2D eigenvalue weighted by Crippen LogP contribution is 2.32. The van der Waals surface area contributed by atoms with E-state index in [4.69, 9.17) is 0 Å². The van der Waals surface area contributed by atoms with Gasteiger partial charge < -0.3 is 10.4 Å². The van der Waals surface area contributed by atoms with E-state index in [-0.39, 0.29) is 17.4 Å². The molecule has 1 heterocycles. The molecular formula is C16H23NO4S. The smallest absolute Gasteiger partial charge is 0.230 e. The molecule has 1 fully saturated rings. The molecule has 2 N–H and O–H groups in total. The molecule has 0 unspecified atom stereocenters. The number of rotatable bonds is 5. The van der Waals surface area contributed by atoms with Crippen molar-refractivity contribution in [1.82, 2.24) is 5.32 Å². The Hall–Kier alpha value is -1.40. The average Bonchev–Trinajstić information content (AvgIpc) is 2.74. The van der Waals surface area contributed by atoms with Crippen LogP contribution in [0, 0.1) is 0 Å². The number of sulfone groups is 1. The van der Waals surface area contributed by atoms with Gasteiger partial charge in [0.25, 0.3) is 0 Å². The number of aliphatic hydroxyl groups excluding tert-OH is 1. The third-order valence-electron chi connectivity index (χ3n) is 4.61. The molecule has 6 heteroatoms.